The van der Waals surface area contributed by atoms with Gasteiger partial charge in [-0.3, -0.25) is 4.89 Å². The molecule has 0 aromatic heterocycles. The van der Waals surface area contributed by atoms with Gasteiger partial charge in [0, 0.05) is 12.8 Å². The molecule has 0 aliphatic heterocycles. The third-order valence-electron chi connectivity index (χ3n) is 2.50. The molecule has 0 amide bonds. The molecule has 0 aromatic rings. The highest BCUT2D eigenvalue weighted by Crippen LogP contribution is 2.11. The van der Waals surface area contributed by atoms with Gasteiger partial charge >= 0.3 is 11.9 Å². The van der Waals surface area contributed by atoms with Gasteiger partial charge < -0.3 is 4.89 Å². The van der Waals surface area contributed by atoms with Gasteiger partial charge in [0.2, 0.25) is 0 Å². The number of carbonyl (C=O) groups excluding carboxylic acids is 2. The Morgan fingerprint density at radius 1 is 0.850 bits per heavy atom. The largest absolute Gasteiger partial charge is 0.342 e. The summed E-state index contributed by atoms with van der Waals surface area (Å²) in [5, 5.41) is 8.05. The summed E-state index contributed by atoms with van der Waals surface area (Å²) in [5.74, 6) is -0.933. The molecular formula is C14H26O6. The standard InChI is InChI=1S/C14H26O6/c1-14(2,3)20-19-13(16)11-9-7-5-4-6-8-10-12(15)18-17/h17H,4-11H2,1-3H3. The molecule has 1 N–H and O–H groups in total. The maximum atomic E-state index is 11.3. The third-order valence-corrected chi connectivity index (χ3v) is 2.50. The quantitative estimate of drug-likeness (QED) is 0.377. The van der Waals surface area contributed by atoms with E-state index in [9.17, 15) is 9.59 Å². The van der Waals surface area contributed by atoms with Crippen LogP contribution in [0.4, 0.5) is 0 Å². The fourth-order valence-electron chi connectivity index (χ4n) is 1.50. The molecule has 0 unspecified atom stereocenters. The topological polar surface area (TPSA) is 82.1 Å². The molecule has 0 spiro atoms. The number of rotatable bonds is 10. The Morgan fingerprint density at radius 3 is 1.75 bits per heavy atom. The van der Waals surface area contributed by atoms with Gasteiger partial charge in [-0.25, -0.2) is 9.59 Å². The second-order valence-electron chi connectivity index (χ2n) is 5.74. The highest BCUT2D eigenvalue weighted by Gasteiger charge is 2.14. The van der Waals surface area contributed by atoms with Crippen LogP contribution in [0.1, 0.15) is 72.1 Å². The molecule has 0 atom stereocenters. The van der Waals surface area contributed by atoms with E-state index in [1.165, 1.54) is 0 Å². The van der Waals surface area contributed by atoms with E-state index in [-0.39, 0.29) is 12.4 Å². The molecule has 0 saturated heterocycles. The Hall–Kier alpha value is -1.14. The van der Waals surface area contributed by atoms with Crippen molar-refractivity contribution < 1.29 is 29.5 Å². The molecule has 6 nitrogen and oxygen atoms in total. The van der Waals surface area contributed by atoms with Crippen molar-refractivity contribution in [2.75, 3.05) is 0 Å². The molecule has 0 aromatic carbocycles. The van der Waals surface area contributed by atoms with E-state index >= 15 is 0 Å². The predicted molar refractivity (Wildman–Crippen MR) is 72.6 cm³/mol. The minimum atomic E-state index is -0.591. The van der Waals surface area contributed by atoms with Crippen LogP contribution in [0.15, 0.2) is 0 Å². The van der Waals surface area contributed by atoms with Crippen molar-refractivity contribution >= 4 is 11.9 Å². The Morgan fingerprint density at radius 2 is 1.30 bits per heavy atom. The Kier molecular flexibility index (Phi) is 10.0. The first-order valence-corrected chi connectivity index (χ1v) is 7.08. The fraction of sp³-hybridized carbons (Fsp3) is 0.857. The first kappa shape index (κ1) is 18.9. The lowest BCUT2D eigenvalue weighted by molar-refractivity contribution is -0.320. The van der Waals surface area contributed by atoms with Crippen LogP contribution in [0.3, 0.4) is 0 Å². The second-order valence-corrected chi connectivity index (χ2v) is 5.74. The van der Waals surface area contributed by atoms with E-state index in [1.54, 1.807) is 0 Å². The molecule has 0 bridgehead atoms. The van der Waals surface area contributed by atoms with Gasteiger partial charge in [-0.15, -0.1) is 0 Å². The van der Waals surface area contributed by atoms with Crippen molar-refractivity contribution in [2.24, 2.45) is 0 Å². The van der Waals surface area contributed by atoms with Crippen LogP contribution >= 0.6 is 0 Å². The lowest BCUT2D eigenvalue weighted by atomic mass is 10.1. The summed E-state index contributed by atoms with van der Waals surface area (Å²) in [6.45, 7) is 5.44. The number of hydrogen-bond donors (Lipinski definition) is 1. The van der Waals surface area contributed by atoms with Crippen molar-refractivity contribution in [2.45, 2.75) is 77.7 Å². The summed E-state index contributed by atoms with van der Waals surface area (Å²) in [7, 11) is 0. The van der Waals surface area contributed by atoms with Crippen molar-refractivity contribution in [3.63, 3.8) is 0 Å². The predicted octanol–water partition coefficient (Wildman–Crippen LogP) is 3.40. The van der Waals surface area contributed by atoms with Gasteiger partial charge in [-0.05, 0) is 33.6 Å². The Balaban J connectivity index is 3.31. The normalized spacial score (nSPS) is 11.2. The minimum absolute atomic E-state index is 0.243. The van der Waals surface area contributed by atoms with Crippen molar-refractivity contribution in [1.82, 2.24) is 0 Å². The molecule has 0 aliphatic rings. The highest BCUT2D eigenvalue weighted by atomic mass is 17.2. The van der Waals surface area contributed by atoms with E-state index in [4.69, 9.17) is 10.1 Å². The fourth-order valence-corrected chi connectivity index (χ4v) is 1.50. The molecule has 118 valence electrons. The summed E-state index contributed by atoms with van der Waals surface area (Å²) in [6.07, 6.45) is 5.92. The SMILES string of the molecule is CC(C)(C)OOC(=O)CCCCCCCCC(=O)OO. The van der Waals surface area contributed by atoms with Gasteiger partial charge in [-0.2, -0.15) is 10.1 Å². The zero-order valence-corrected chi connectivity index (χ0v) is 12.6. The molecule has 0 heterocycles. The Labute approximate surface area is 120 Å². The molecule has 6 heteroatoms. The highest BCUT2D eigenvalue weighted by molar-refractivity contribution is 5.68. The number of carbonyl (C=O) groups is 2. The summed E-state index contributed by atoms with van der Waals surface area (Å²) in [5.41, 5.74) is -0.481. The van der Waals surface area contributed by atoms with Crippen molar-refractivity contribution in [3.8, 4) is 0 Å². The molecule has 0 fully saturated rings. The van der Waals surface area contributed by atoms with Crippen LogP contribution in [0.25, 0.3) is 0 Å². The summed E-state index contributed by atoms with van der Waals surface area (Å²) < 4.78 is 0. The summed E-state index contributed by atoms with van der Waals surface area (Å²) in [4.78, 5) is 35.1. The first-order chi connectivity index (χ1) is 9.35. The van der Waals surface area contributed by atoms with Crippen LogP contribution < -0.4 is 0 Å². The molecule has 0 radical (unpaired) electrons. The van der Waals surface area contributed by atoms with Crippen molar-refractivity contribution in [3.05, 3.63) is 0 Å². The van der Waals surface area contributed by atoms with Crippen LogP contribution in [-0.2, 0) is 24.3 Å². The zero-order valence-electron chi connectivity index (χ0n) is 12.6. The van der Waals surface area contributed by atoms with Crippen molar-refractivity contribution in [1.29, 1.82) is 0 Å². The zero-order chi connectivity index (χ0) is 15.4. The lowest BCUT2D eigenvalue weighted by Crippen LogP contribution is -2.21. The lowest BCUT2D eigenvalue weighted by Gasteiger charge is -2.16. The molecule has 0 rings (SSSR count). The smallest absolute Gasteiger partial charge is 0.301 e. The van der Waals surface area contributed by atoms with Crippen LogP contribution in [0, 0.1) is 0 Å². The van der Waals surface area contributed by atoms with E-state index in [1.807, 2.05) is 20.8 Å². The van der Waals surface area contributed by atoms with Gasteiger partial charge in [0.25, 0.3) is 0 Å². The van der Waals surface area contributed by atoms with Gasteiger partial charge in [0.05, 0.1) is 0 Å². The van der Waals surface area contributed by atoms with Gasteiger partial charge in [0.15, 0.2) is 0 Å². The van der Waals surface area contributed by atoms with Crippen LogP contribution in [0.2, 0.25) is 0 Å². The molecule has 20 heavy (non-hydrogen) atoms. The van der Waals surface area contributed by atoms with Gasteiger partial charge in [0.1, 0.15) is 5.60 Å². The van der Waals surface area contributed by atoms with Crippen LogP contribution in [0.5, 0.6) is 0 Å². The monoisotopic (exact) mass is 290 g/mol. The maximum absolute atomic E-state index is 11.3. The average Bonchev–Trinajstić information content (AvgIpc) is 2.38. The van der Waals surface area contributed by atoms with Gasteiger partial charge in [-0.1, -0.05) is 25.7 Å². The van der Waals surface area contributed by atoms with E-state index in [0.717, 1.165) is 32.1 Å². The summed E-state index contributed by atoms with van der Waals surface area (Å²) >= 11 is 0. The van der Waals surface area contributed by atoms with Crippen LogP contribution in [-0.4, -0.2) is 22.8 Å². The first-order valence-electron chi connectivity index (χ1n) is 7.08. The van der Waals surface area contributed by atoms with E-state index in [2.05, 4.69) is 9.78 Å². The van der Waals surface area contributed by atoms with E-state index < -0.39 is 11.6 Å². The molecular weight excluding hydrogens is 264 g/mol. The average molecular weight is 290 g/mol. The molecule has 0 saturated carbocycles. The summed E-state index contributed by atoms with van der Waals surface area (Å²) in [6, 6.07) is 0. The number of unbranched alkanes of at least 4 members (excludes halogenated alkanes) is 5. The number of hydrogen-bond acceptors (Lipinski definition) is 6. The minimum Gasteiger partial charge on any atom is -0.301 e. The third kappa shape index (κ3) is 13.3. The van der Waals surface area contributed by atoms with E-state index in [0.29, 0.717) is 12.8 Å². The Bertz CT molecular complexity index is 282. The molecule has 0 aliphatic carbocycles. The second kappa shape index (κ2) is 10.6. The maximum Gasteiger partial charge on any atom is 0.342 e.